The summed E-state index contributed by atoms with van der Waals surface area (Å²) in [5, 5.41) is 16.2. The van der Waals surface area contributed by atoms with Gasteiger partial charge in [0, 0.05) is 10.8 Å². The van der Waals surface area contributed by atoms with Crippen molar-refractivity contribution < 1.29 is 4.42 Å². The molecule has 0 spiro atoms. The number of hydrogen-bond acceptors (Lipinski definition) is 2. The highest BCUT2D eigenvalue weighted by molar-refractivity contribution is 6.19. The van der Waals surface area contributed by atoms with Gasteiger partial charge in [0.15, 0.2) is 0 Å². The van der Waals surface area contributed by atoms with Gasteiger partial charge in [0.1, 0.15) is 11.2 Å². The van der Waals surface area contributed by atoms with Crippen LogP contribution in [0.3, 0.4) is 0 Å². The van der Waals surface area contributed by atoms with Crippen LogP contribution >= 0.6 is 0 Å². The largest absolute Gasteiger partial charge is 0.456 e. The van der Waals surface area contributed by atoms with Gasteiger partial charge in [-0.2, -0.15) is 5.26 Å². The number of nitriles is 1. The van der Waals surface area contributed by atoms with Crippen molar-refractivity contribution in [2.45, 2.75) is 0 Å². The number of hydrogen-bond donors (Lipinski definition) is 0. The Morgan fingerprint density at radius 3 is 1.89 bits per heavy atom. The zero-order chi connectivity index (χ0) is 23.4. The third-order valence-corrected chi connectivity index (χ3v) is 6.88. The molecule has 1 aromatic heterocycles. The fourth-order valence-electron chi connectivity index (χ4n) is 5.07. The van der Waals surface area contributed by atoms with E-state index in [1.165, 1.54) is 26.9 Å². The Morgan fingerprint density at radius 2 is 1.11 bits per heavy atom. The van der Waals surface area contributed by atoms with Gasteiger partial charge in [-0.3, -0.25) is 0 Å². The molecule has 0 unspecified atom stereocenters. The summed E-state index contributed by atoms with van der Waals surface area (Å²) in [7, 11) is 0. The van der Waals surface area contributed by atoms with E-state index < -0.39 is 0 Å². The zero-order valence-electron chi connectivity index (χ0n) is 18.8. The van der Waals surface area contributed by atoms with E-state index in [-0.39, 0.29) is 0 Å². The van der Waals surface area contributed by atoms with Crippen LogP contribution in [0.15, 0.2) is 120 Å². The lowest BCUT2D eigenvalue weighted by molar-refractivity contribution is 0.669. The number of fused-ring (bicyclic) bond motifs is 6. The second-order valence-electron chi connectivity index (χ2n) is 8.94. The van der Waals surface area contributed by atoms with Crippen LogP contribution in [0.5, 0.6) is 0 Å². The average Bonchev–Trinajstić information content (AvgIpc) is 3.31. The molecule has 0 aliphatic rings. The fraction of sp³-hybridized carbons (Fsp3) is 0. The molecule has 0 bridgehead atoms. The maximum Gasteiger partial charge on any atom is 0.136 e. The third kappa shape index (κ3) is 3.18. The quantitative estimate of drug-likeness (QED) is 0.266. The SMILES string of the molecule is N#Cc1ccc(-c2ccc3cc(-c4ccc5c(c4)oc4ccc6ccccc6c45)ccc3c2)cc1. The normalized spacial score (nSPS) is 11.4. The van der Waals surface area contributed by atoms with Crippen molar-refractivity contribution in [1.82, 2.24) is 0 Å². The number of rotatable bonds is 2. The summed E-state index contributed by atoms with van der Waals surface area (Å²) < 4.78 is 6.27. The maximum absolute atomic E-state index is 9.04. The molecular weight excluding hydrogens is 426 g/mol. The summed E-state index contributed by atoms with van der Waals surface area (Å²) in [4.78, 5) is 0. The highest BCUT2D eigenvalue weighted by Crippen LogP contribution is 2.37. The van der Waals surface area contributed by atoms with Crippen LogP contribution in [0.4, 0.5) is 0 Å². The molecule has 2 nitrogen and oxygen atoms in total. The minimum atomic E-state index is 0.675. The van der Waals surface area contributed by atoms with Crippen molar-refractivity contribution in [2.24, 2.45) is 0 Å². The molecule has 0 saturated heterocycles. The van der Waals surface area contributed by atoms with Gasteiger partial charge in [-0.05, 0) is 86.3 Å². The molecule has 0 aliphatic heterocycles. The summed E-state index contributed by atoms with van der Waals surface area (Å²) in [6.45, 7) is 0. The minimum Gasteiger partial charge on any atom is -0.456 e. The first-order valence-corrected chi connectivity index (χ1v) is 11.7. The molecule has 0 fully saturated rings. The van der Waals surface area contributed by atoms with Crippen molar-refractivity contribution in [3.8, 4) is 28.3 Å². The summed E-state index contributed by atoms with van der Waals surface area (Å²) in [6, 6.07) is 42.1. The Hall–Kier alpha value is -4.87. The Labute approximate surface area is 202 Å². The predicted octanol–water partition coefficient (Wildman–Crippen LogP) is 9.10. The van der Waals surface area contributed by atoms with Crippen LogP contribution in [0.1, 0.15) is 5.56 Å². The molecule has 7 rings (SSSR count). The van der Waals surface area contributed by atoms with Crippen LogP contribution in [0, 0.1) is 11.3 Å². The van der Waals surface area contributed by atoms with Gasteiger partial charge in [0.2, 0.25) is 0 Å². The highest BCUT2D eigenvalue weighted by Gasteiger charge is 2.12. The van der Waals surface area contributed by atoms with Crippen LogP contribution in [0.25, 0.3) is 65.7 Å². The number of benzene rings is 6. The summed E-state index contributed by atoms with van der Waals surface area (Å²) >= 11 is 0. The summed E-state index contributed by atoms with van der Waals surface area (Å²) in [5.74, 6) is 0. The van der Waals surface area contributed by atoms with Gasteiger partial charge in [-0.15, -0.1) is 0 Å². The molecule has 162 valence electrons. The molecule has 0 radical (unpaired) electrons. The van der Waals surface area contributed by atoms with Crippen molar-refractivity contribution in [3.63, 3.8) is 0 Å². The molecule has 0 N–H and O–H groups in total. The molecule has 0 aliphatic carbocycles. The van der Waals surface area contributed by atoms with E-state index in [0.29, 0.717) is 5.56 Å². The van der Waals surface area contributed by atoms with Crippen LogP contribution in [-0.2, 0) is 0 Å². The monoisotopic (exact) mass is 445 g/mol. The zero-order valence-corrected chi connectivity index (χ0v) is 18.8. The number of nitrogens with zero attached hydrogens (tertiary/aromatic N) is 1. The lowest BCUT2D eigenvalue weighted by Crippen LogP contribution is -1.82. The second-order valence-corrected chi connectivity index (χ2v) is 8.94. The Balaban J connectivity index is 1.30. The van der Waals surface area contributed by atoms with Gasteiger partial charge in [0.25, 0.3) is 0 Å². The van der Waals surface area contributed by atoms with E-state index in [1.807, 2.05) is 24.3 Å². The van der Waals surface area contributed by atoms with E-state index in [4.69, 9.17) is 9.68 Å². The van der Waals surface area contributed by atoms with Crippen molar-refractivity contribution in [1.29, 1.82) is 5.26 Å². The minimum absolute atomic E-state index is 0.675. The van der Waals surface area contributed by atoms with Crippen LogP contribution in [0.2, 0.25) is 0 Å². The number of furan rings is 1. The van der Waals surface area contributed by atoms with Gasteiger partial charge in [-0.1, -0.05) is 72.8 Å². The molecule has 35 heavy (non-hydrogen) atoms. The molecule has 2 heteroatoms. The molecule has 0 atom stereocenters. The summed E-state index contributed by atoms with van der Waals surface area (Å²) in [6.07, 6.45) is 0. The molecule has 0 amide bonds. The molecule has 6 aromatic carbocycles. The lowest BCUT2D eigenvalue weighted by atomic mass is 9.96. The molecule has 7 aromatic rings. The highest BCUT2D eigenvalue weighted by atomic mass is 16.3. The topological polar surface area (TPSA) is 36.9 Å². The van der Waals surface area contributed by atoms with E-state index in [0.717, 1.165) is 38.8 Å². The third-order valence-electron chi connectivity index (χ3n) is 6.88. The van der Waals surface area contributed by atoms with E-state index >= 15 is 0 Å². The predicted molar refractivity (Wildman–Crippen MR) is 144 cm³/mol. The second kappa shape index (κ2) is 7.58. The molecule has 0 saturated carbocycles. The first kappa shape index (κ1) is 19.6. The average molecular weight is 446 g/mol. The standard InChI is InChI=1S/C33H19NO/c34-20-21-5-7-22(8-6-21)24-9-10-26-18-27(12-11-25(26)17-24)28-13-15-30-32(19-28)35-31-16-14-23-3-1-2-4-29(23)33(30)31/h1-19H. The van der Waals surface area contributed by atoms with E-state index in [1.54, 1.807) is 0 Å². The first-order chi connectivity index (χ1) is 17.3. The first-order valence-electron chi connectivity index (χ1n) is 11.7. The van der Waals surface area contributed by atoms with Crippen molar-refractivity contribution in [3.05, 3.63) is 121 Å². The summed E-state index contributed by atoms with van der Waals surface area (Å²) in [5.41, 5.74) is 7.06. The van der Waals surface area contributed by atoms with Crippen molar-refractivity contribution in [2.75, 3.05) is 0 Å². The van der Waals surface area contributed by atoms with Gasteiger partial charge in [-0.25, -0.2) is 0 Å². The smallest absolute Gasteiger partial charge is 0.136 e. The van der Waals surface area contributed by atoms with Gasteiger partial charge in [0.05, 0.1) is 11.6 Å². The van der Waals surface area contributed by atoms with E-state index in [9.17, 15) is 0 Å². The molecular formula is C33H19NO. The Kier molecular flexibility index (Phi) is 4.24. The van der Waals surface area contributed by atoms with Crippen LogP contribution < -0.4 is 0 Å². The lowest BCUT2D eigenvalue weighted by Gasteiger charge is -2.07. The van der Waals surface area contributed by atoms with Gasteiger partial charge >= 0.3 is 0 Å². The Bertz CT molecular complexity index is 1950. The van der Waals surface area contributed by atoms with E-state index in [2.05, 4.69) is 97.1 Å². The van der Waals surface area contributed by atoms with Crippen LogP contribution in [-0.4, -0.2) is 0 Å². The fourth-order valence-corrected chi connectivity index (χ4v) is 5.07. The molecule has 1 heterocycles. The van der Waals surface area contributed by atoms with Gasteiger partial charge < -0.3 is 4.42 Å². The van der Waals surface area contributed by atoms with Crippen molar-refractivity contribution >= 4 is 43.5 Å². The Morgan fingerprint density at radius 1 is 0.486 bits per heavy atom. The maximum atomic E-state index is 9.04.